The van der Waals surface area contributed by atoms with E-state index in [9.17, 15) is 14.5 Å². The van der Waals surface area contributed by atoms with Gasteiger partial charge in [0.05, 0.1) is 12.7 Å². The molecule has 0 spiro atoms. The van der Waals surface area contributed by atoms with Gasteiger partial charge in [-0.05, 0) is 28.7 Å². The molecule has 0 atom stereocenters. The highest BCUT2D eigenvalue weighted by atomic mass is 19.1. The van der Waals surface area contributed by atoms with Crippen LogP contribution in [0.4, 0.5) is 10.2 Å². The van der Waals surface area contributed by atoms with E-state index < -0.39 is 4.92 Å². The number of rotatable bonds is 7. The van der Waals surface area contributed by atoms with Crippen LogP contribution in [0.5, 0.6) is 0 Å². The Bertz CT molecular complexity index is 1180. The first-order valence-corrected chi connectivity index (χ1v) is 9.19. The van der Waals surface area contributed by atoms with E-state index in [1.807, 2.05) is 30.3 Å². The maximum Gasteiger partial charge on any atom is 0.343 e. The van der Waals surface area contributed by atoms with Crippen molar-refractivity contribution >= 4 is 18.0 Å². The molecular formula is C21H17FN6O2. The summed E-state index contributed by atoms with van der Waals surface area (Å²) in [6.45, 7) is 0.672. The average Bonchev–Trinajstić information content (AvgIpc) is 3.39. The molecule has 2 aromatic carbocycles. The molecule has 0 aliphatic rings. The fourth-order valence-corrected chi connectivity index (χ4v) is 2.98. The van der Waals surface area contributed by atoms with Gasteiger partial charge in [-0.1, -0.05) is 47.7 Å². The predicted octanol–water partition coefficient (Wildman–Crippen LogP) is 4.06. The van der Waals surface area contributed by atoms with Gasteiger partial charge in [0.1, 0.15) is 24.3 Å². The highest BCUT2D eigenvalue weighted by Crippen LogP contribution is 2.18. The van der Waals surface area contributed by atoms with Crippen molar-refractivity contribution in [3.8, 4) is 11.3 Å². The van der Waals surface area contributed by atoms with Crippen LogP contribution < -0.4 is 0 Å². The first-order valence-electron chi connectivity index (χ1n) is 9.19. The van der Waals surface area contributed by atoms with Crippen molar-refractivity contribution in [2.75, 3.05) is 0 Å². The number of hydrogen-bond donors (Lipinski definition) is 0. The average molecular weight is 404 g/mol. The Morgan fingerprint density at radius 3 is 2.53 bits per heavy atom. The van der Waals surface area contributed by atoms with Crippen molar-refractivity contribution in [2.45, 2.75) is 13.1 Å². The van der Waals surface area contributed by atoms with E-state index in [0.29, 0.717) is 12.4 Å². The fraction of sp³-hybridized carbons (Fsp3) is 0.0952. The van der Waals surface area contributed by atoms with Gasteiger partial charge in [0.2, 0.25) is 5.82 Å². The van der Waals surface area contributed by atoms with Crippen LogP contribution in [0.3, 0.4) is 0 Å². The monoisotopic (exact) mass is 404 g/mol. The second-order valence-electron chi connectivity index (χ2n) is 6.50. The van der Waals surface area contributed by atoms with E-state index in [0.717, 1.165) is 16.8 Å². The molecule has 0 unspecified atom stereocenters. The summed E-state index contributed by atoms with van der Waals surface area (Å²) >= 11 is 0. The first kappa shape index (κ1) is 19.2. The molecule has 30 heavy (non-hydrogen) atoms. The summed E-state index contributed by atoms with van der Waals surface area (Å²) < 4.78 is 16.2. The Morgan fingerprint density at radius 2 is 1.80 bits per heavy atom. The van der Waals surface area contributed by atoms with Crippen molar-refractivity contribution in [2.24, 2.45) is 0 Å². The molecule has 0 N–H and O–H groups in total. The summed E-state index contributed by atoms with van der Waals surface area (Å²) in [6, 6.07) is 15.6. The molecule has 0 fully saturated rings. The molecule has 0 radical (unpaired) electrons. The van der Waals surface area contributed by atoms with Crippen molar-refractivity contribution in [1.82, 2.24) is 24.5 Å². The lowest BCUT2D eigenvalue weighted by atomic mass is 10.2. The number of aryl methyl sites for hydroxylation is 1. The molecule has 9 heteroatoms. The van der Waals surface area contributed by atoms with Crippen molar-refractivity contribution in [3.63, 3.8) is 0 Å². The van der Waals surface area contributed by atoms with Gasteiger partial charge >= 0.3 is 5.82 Å². The lowest BCUT2D eigenvalue weighted by molar-refractivity contribution is -0.392. The van der Waals surface area contributed by atoms with Gasteiger partial charge in [-0.3, -0.25) is 0 Å². The van der Waals surface area contributed by atoms with E-state index in [2.05, 4.69) is 15.3 Å². The highest BCUT2D eigenvalue weighted by molar-refractivity contribution is 5.67. The van der Waals surface area contributed by atoms with Crippen molar-refractivity contribution in [1.29, 1.82) is 0 Å². The summed E-state index contributed by atoms with van der Waals surface area (Å²) in [5, 5.41) is 19.7. The Morgan fingerprint density at radius 1 is 1.03 bits per heavy atom. The number of aromatic nitrogens is 5. The van der Waals surface area contributed by atoms with E-state index in [-0.39, 0.29) is 18.2 Å². The second-order valence-corrected chi connectivity index (χ2v) is 6.50. The molecule has 0 saturated carbocycles. The smallest absolute Gasteiger partial charge is 0.343 e. The van der Waals surface area contributed by atoms with Crippen LogP contribution in [-0.2, 0) is 13.1 Å². The molecule has 150 valence electrons. The largest absolute Gasteiger partial charge is 0.358 e. The summed E-state index contributed by atoms with van der Waals surface area (Å²) in [7, 11) is 0. The Kier molecular flexibility index (Phi) is 5.42. The van der Waals surface area contributed by atoms with Gasteiger partial charge in [-0.25, -0.2) is 18.6 Å². The SMILES string of the molecule is O=[N+]([O-])c1cnc(/C=C/c2ccc(F)cc2)n1CCn1cc(-c2ccccc2)nn1. The van der Waals surface area contributed by atoms with Gasteiger partial charge in [-0.2, -0.15) is 0 Å². The number of halogens is 1. The molecule has 4 aromatic rings. The summed E-state index contributed by atoms with van der Waals surface area (Å²) in [6.07, 6.45) is 6.41. The molecule has 0 aliphatic heterocycles. The number of hydrogen-bond acceptors (Lipinski definition) is 5. The van der Waals surface area contributed by atoms with Crippen LogP contribution in [0.2, 0.25) is 0 Å². The molecule has 0 bridgehead atoms. The summed E-state index contributed by atoms with van der Waals surface area (Å²) in [5.74, 6) is -0.0152. The molecule has 2 aromatic heterocycles. The standard InChI is InChI=1S/C21H17FN6O2/c22-18-9-6-16(7-10-18)8-11-20-23-14-21(28(29)30)27(20)13-12-26-15-19(24-25-26)17-4-2-1-3-5-17/h1-11,14-15H,12-13H2/b11-8+. The Hall–Kier alpha value is -4.14. The Balaban J connectivity index is 1.53. The maximum atomic E-state index is 13.0. The maximum absolute atomic E-state index is 13.0. The van der Waals surface area contributed by atoms with Crippen LogP contribution >= 0.6 is 0 Å². The lowest BCUT2D eigenvalue weighted by Crippen LogP contribution is -2.11. The Labute approximate surface area is 171 Å². The zero-order valence-electron chi connectivity index (χ0n) is 15.8. The van der Waals surface area contributed by atoms with Crippen LogP contribution in [0.15, 0.2) is 67.0 Å². The second kappa shape index (κ2) is 8.48. The predicted molar refractivity (Wildman–Crippen MR) is 110 cm³/mol. The number of nitro groups is 1. The third-order valence-corrected chi connectivity index (χ3v) is 4.51. The molecular weight excluding hydrogens is 387 g/mol. The van der Waals surface area contributed by atoms with Crippen LogP contribution in [0.1, 0.15) is 11.4 Å². The van der Waals surface area contributed by atoms with Crippen molar-refractivity contribution in [3.05, 3.63) is 94.3 Å². The normalized spacial score (nSPS) is 11.2. The van der Waals surface area contributed by atoms with Crippen LogP contribution in [0, 0.1) is 15.9 Å². The third-order valence-electron chi connectivity index (χ3n) is 4.51. The minimum absolute atomic E-state index is 0.114. The number of nitrogens with zero attached hydrogens (tertiary/aromatic N) is 6. The topological polar surface area (TPSA) is 91.7 Å². The van der Waals surface area contributed by atoms with E-state index >= 15 is 0 Å². The minimum Gasteiger partial charge on any atom is -0.358 e. The number of benzene rings is 2. The molecule has 0 amide bonds. The van der Waals surface area contributed by atoms with Crippen LogP contribution in [0.25, 0.3) is 23.4 Å². The van der Waals surface area contributed by atoms with Crippen LogP contribution in [-0.4, -0.2) is 29.5 Å². The van der Waals surface area contributed by atoms with Gasteiger partial charge in [0.25, 0.3) is 0 Å². The quantitative estimate of drug-likeness (QED) is 0.342. The summed E-state index contributed by atoms with van der Waals surface area (Å²) in [4.78, 5) is 15.1. The van der Waals surface area contributed by atoms with Gasteiger partial charge in [0.15, 0.2) is 0 Å². The zero-order chi connectivity index (χ0) is 20.9. The summed E-state index contributed by atoms with van der Waals surface area (Å²) in [5.41, 5.74) is 2.44. The third kappa shape index (κ3) is 4.30. The molecule has 2 heterocycles. The first-order chi connectivity index (χ1) is 14.6. The van der Waals surface area contributed by atoms with Gasteiger partial charge in [0, 0.05) is 11.6 Å². The van der Waals surface area contributed by atoms with Crippen molar-refractivity contribution < 1.29 is 9.31 Å². The van der Waals surface area contributed by atoms with Gasteiger partial charge in [-0.15, -0.1) is 5.10 Å². The highest BCUT2D eigenvalue weighted by Gasteiger charge is 2.18. The molecule has 8 nitrogen and oxygen atoms in total. The lowest BCUT2D eigenvalue weighted by Gasteiger charge is -2.03. The zero-order valence-corrected chi connectivity index (χ0v) is 15.8. The van der Waals surface area contributed by atoms with E-state index in [1.54, 1.807) is 35.2 Å². The van der Waals surface area contributed by atoms with E-state index in [1.165, 1.54) is 22.9 Å². The molecule has 0 saturated heterocycles. The molecule has 4 rings (SSSR count). The minimum atomic E-state index is -0.473. The molecule has 0 aliphatic carbocycles. The van der Waals surface area contributed by atoms with Gasteiger partial charge < -0.3 is 10.1 Å². The number of imidazole rings is 1. The fourth-order valence-electron chi connectivity index (χ4n) is 2.98. The van der Waals surface area contributed by atoms with E-state index in [4.69, 9.17) is 0 Å².